The van der Waals surface area contributed by atoms with E-state index >= 15 is 0 Å². The van der Waals surface area contributed by atoms with Crippen molar-refractivity contribution < 1.29 is 14.6 Å². The van der Waals surface area contributed by atoms with Crippen LogP contribution < -0.4 is 4.74 Å². The van der Waals surface area contributed by atoms with E-state index in [9.17, 15) is 9.90 Å². The first-order valence-electron chi connectivity index (χ1n) is 5.96. The molecule has 0 unspecified atom stereocenters. The number of aromatic hydroxyl groups is 1. The maximum Gasteiger partial charge on any atom is 0.186 e. The van der Waals surface area contributed by atoms with Gasteiger partial charge in [-0.15, -0.1) is 0 Å². The lowest BCUT2D eigenvalue weighted by Crippen LogP contribution is -1.96. The van der Waals surface area contributed by atoms with Gasteiger partial charge in [-0.25, -0.2) is 0 Å². The van der Waals surface area contributed by atoms with E-state index in [1.807, 2.05) is 18.2 Å². The Morgan fingerprint density at radius 1 is 1.25 bits per heavy atom. The van der Waals surface area contributed by atoms with Gasteiger partial charge in [-0.2, -0.15) is 0 Å². The minimum absolute atomic E-state index is 0.0522. The Balaban J connectivity index is 2.19. The summed E-state index contributed by atoms with van der Waals surface area (Å²) >= 11 is 2.13. The fraction of sp³-hybridized carbons (Fsp3) is 0.0625. The predicted octanol–water partition coefficient (Wildman–Crippen LogP) is 3.90. The molecule has 0 saturated heterocycles. The number of carbonyl (C=O) groups excluding carboxylic acids is 1. The highest BCUT2D eigenvalue weighted by Gasteiger charge is 2.06. The number of allylic oxidation sites excluding steroid dienone is 1. The molecule has 4 heteroatoms. The second kappa shape index (κ2) is 6.56. The van der Waals surface area contributed by atoms with Crippen LogP contribution in [0.15, 0.2) is 48.5 Å². The second-order valence-electron chi connectivity index (χ2n) is 4.11. The number of rotatable bonds is 4. The van der Waals surface area contributed by atoms with Gasteiger partial charge in [0.05, 0.1) is 7.11 Å². The minimum atomic E-state index is -0.0645. The van der Waals surface area contributed by atoms with Crippen molar-refractivity contribution in [2.75, 3.05) is 7.11 Å². The van der Waals surface area contributed by atoms with Crippen LogP contribution in [0.4, 0.5) is 0 Å². The van der Waals surface area contributed by atoms with Crippen LogP contribution in [0.1, 0.15) is 15.9 Å². The molecule has 0 aromatic heterocycles. The molecular weight excluding hydrogens is 367 g/mol. The van der Waals surface area contributed by atoms with E-state index in [4.69, 9.17) is 4.74 Å². The smallest absolute Gasteiger partial charge is 0.186 e. The molecule has 20 heavy (non-hydrogen) atoms. The van der Waals surface area contributed by atoms with Gasteiger partial charge in [-0.3, -0.25) is 4.79 Å². The van der Waals surface area contributed by atoms with Crippen LogP contribution in [0.3, 0.4) is 0 Å². The molecule has 0 aliphatic heterocycles. The third-order valence-corrected chi connectivity index (χ3v) is 3.71. The molecule has 2 rings (SSSR count). The highest BCUT2D eigenvalue weighted by molar-refractivity contribution is 14.1. The quantitative estimate of drug-likeness (QED) is 0.497. The van der Waals surface area contributed by atoms with Crippen molar-refractivity contribution in [2.24, 2.45) is 0 Å². The molecule has 0 radical (unpaired) electrons. The Kier molecular flexibility index (Phi) is 4.79. The van der Waals surface area contributed by atoms with Crippen molar-refractivity contribution in [2.45, 2.75) is 0 Å². The first-order valence-corrected chi connectivity index (χ1v) is 7.03. The van der Waals surface area contributed by atoms with Gasteiger partial charge in [0.25, 0.3) is 0 Å². The summed E-state index contributed by atoms with van der Waals surface area (Å²) in [7, 11) is 1.49. The summed E-state index contributed by atoms with van der Waals surface area (Å²) in [6, 6.07) is 12.4. The Morgan fingerprint density at radius 2 is 2.00 bits per heavy atom. The van der Waals surface area contributed by atoms with E-state index in [0.29, 0.717) is 11.3 Å². The number of ketones is 1. The Hall–Kier alpha value is -1.82. The minimum Gasteiger partial charge on any atom is -0.504 e. The number of phenolic OH excluding ortho intramolecular Hbond substituents is 1. The monoisotopic (exact) mass is 380 g/mol. The van der Waals surface area contributed by atoms with Crippen molar-refractivity contribution in [3.8, 4) is 11.5 Å². The maximum absolute atomic E-state index is 12.1. The van der Waals surface area contributed by atoms with Gasteiger partial charge < -0.3 is 9.84 Å². The third kappa shape index (κ3) is 3.39. The standard InChI is InChI=1S/C16H13IO3/c1-20-16-9-7-11(10-15(16)19)6-8-14(18)12-4-2-3-5-13(12)17/h2-10,19H,1H3/b8-6+. The highest BCUT2D eigenvalue weighted by Crippen LogP contribution is 2.26. The maximum atomic E-state index is 12.1. The zero-order chi connectivity index (χ0) is 14.5. The first-order chi connectivity index (χ1) is 9.61. The number of phenols is 1. The van der Waals surface area contributed by atoms with Crippen molar-refractivity contribution in [1.82, 2.24) is 0 Å². The number of hydrogen-bond donors (Lipinski definition) is 1. The molecule has 0 aliphatic rings. The molecule has 1 N–H and O–H groups in total. The summed E-state index contributed by atoms with van der Waals surface area (Å²) in [4.78, 5) is 12.1. The average molecular weight is 380 g/mol. The molecule has 3 nitrogen and oxygen atoms in total. The van der Waals surface area contributed by atoms with Gasteiger partial charge in [0.1, 0.15) is 0 Å². The average Bonchev–Trinajstić information content (AvgIpc) is 2.45. The van der Waals surface area contributed by atoms with Crippen molar-refractivity contribution >= 4 is 34.5 Å². The van der Waals surface area contributed by atoms with Crippen LogP contribution in [-0.2, 0) is 0 Å². The van der Waals surface area contributed by atoms with Crippen LogP contribution in [0.5, 0.6) is 11.5 Å². The van der Waals surface area contributed by atoms with Gasteiger partial charge in [0.2, 0.25) is 0 Å². The topological polar surface area (TPSA) is 46.5 Å². The van der Waals surface area contributed by atoms with E-state index < -0.39 is 0 Å². The molecule has 0 amide bonds. The predicted molar refractivity (Wildman–Crippen MR) is 87.2 cm³/mol. The summed E-state index contributed by atoms with van der Waals surface area (Å²) in [6.45, 7) is 0. The lowest BCUT2D eigenvalue weighted by molar-refractivity contribution is 0.104. The van der Waals surface area contributed by atoms with E-state index in [1.54, 1.807) is 30.3 Å². The molecule has 0 spiro atoms. The van der Waals surface area contributed by atoms with Crippen LogP contribution in [0.2, 0.25) is 0 Å². The van der Waals surface area contributed by atoms with Gasteiger partial charge in [-0.05, 0) is 58.5 Å². The summed E-state index contributed by atoms with van der Waals surface area (Å²) in [6.07, 6.45) is 3.17. The molecule has 2 aromatic carbocycles. The van der Waals surface area contributed by atoms with Gasteiger partial charge in [0.15, 0.2) is 17.3 Å². The molecule has 102 valence electrons. The van der Waals surface area contributed by atoms with Gasteiger partial charge in [0, 0.05) is 9.13 Å². The molecular formula is C16H13IO3. The molecule has 0 atom stereocenters. The third-order valence-electron chi connectivity index (χ3n) is 2.77. The molecule has 0 aliphatic carbocycles. The normalized spacial score (nSPS) is 10.7. The number of hydrogen-bond acceptors (Lipinski definition) is 3. The molecule has 0 fully saturated rings. The zero-order valence-electron chi connectivity index (χ0n) is 10.8. The van der Waals surface area contributed by atoms with E-state index in [1.165, 1.54) is 13.2 Å². The largest absolute Gasteiger partial charge is 0.504 e. The Morgan fingerprint density at radius 3 is 2.65 bits per heavy atom. The van der Waals surface area contributed by atoms with Crippen LogP contribution >= 0.6 is 22.6 Å². The zero-order valence-corrected chi connectivity index (χ0v) is 13.0. The number of ether oxygens (including phenoxy) is 1. The lowest BCUT2D eigenvalue weighted by atomic mass is 10.1. The summed E-state index contributed by atoms with van der Waals surface area (Å²) in [5, 5.41) is 9.67. The van der Waals surface area contributed by atoms with Gasteiger partial charge in [-0.1, -0.05) is 24.3 Å². The summed E-state index contributed by atoms with van der Waals surface area (Å²) < 4.78 is 5.88. The lowest BCUT2D eigenvalue weighted by Gasteiger charge is -2.03. The summed E-state index contributed by atoms with van der Waals surface area (Å²) in [5.41, 5.74) is 1.41. The van der Waals surface area contributed by atoms with Crippen LogP contribution in [0.25, 0.3) is 6.08 Å². The number of methoxy groups -OCH3 is 1. The fourth-order valence-corrected chi connectivity index (χ4v) is 2.39. The molecule has 0 saturated carbocycles. The number of halogens is 1. The molecule has 0 bridgehead atoms. The summed E-state index contributed by atoms with van der Waals surface area (Å²) in [5.74, 6) is 0.396. The van der Waals surface area contributed by atoms with E-state index in [2.05, 4.69) is 22.6 Å². The SMILES string of the molecule is COc1ccc(/C=C/C(=O)c2ccccc2I)cc1O. The molecule has 0 heterocycles. The molecule has 2 aromatic rings. The van der Waals surface area contributed by atoms with Crippen molar-refractivity contribution in [1.29, 1.82) is 0 Å². The van der Waals surface area contributed by atoms with E-state index in [0.717, 1.165) is 9.13 Å². The van der Waals surface area contributed by atoms with Crippen LogP contribution in [-0.4, -0.2) is 18.0 Å². The van der Waals surface area contributed by atoms with Gasteiger partial charge >= 0.3 is 0 Å². The van der Waals surface area contributed by atoms with Crippen molar-refractivity contribution in [3.63, 3.8) is 0 Å². The highest BCUT2D eigenvalue weighted by atomic mass is 127. The van der Waals surface area contributed by atoms with E-state index in [-0.39, 0.29) is 11.5 Å². The van der Waals surface area contributed by atoms with Crippen LogP contribution in [0, 0.1) is 3.57 Å². The Labute approximate surface area is 131 Å². The fourth-order valence-electron chi connectivity index (χ4n) is 1.73. The Bertz CT molecular complexity index is 663. The second-order valence-corrected chi connectivity index (χ2v) is 5.27. The van der Waals surface area contributed by atoms with Crippen molar-refractivity contribution in [3.05, 3.63) is 63.2 Å². The number of carbonyl (C=O) groups is 1. The number of benzene rings is 2. The first kappa shape index (κ1) is 14.6.